The highest BCUT2D eigenvalue weighted by Gasteiger charge is 2.33. The summed E-state index contributed by atoms with van der Waals surface area (Å²) >= 11 is 0.921. The van der Waals surface area contributed by atoms with Crippen LogP contribution in [-0.4, -0.2) is 33.0 Å². The lowest BCUT2D eigenvalue weighted by Gasteiger charge is -2.10. The maximum Gasteiger partial charge on any atom is 0.434 e. The molecule has 1 heterocycles. The molecule has 0 aliphatic carbocycles. The predicted molar refractivity (Wildman–Crippen MR) is 122 cm³/mol. The van der Waals surface area contributed by atoms with Crippen LogP contribution in [0.1, 0.15) is 28.8 Å². The maximum atomic E-state index is 12.6. The summed E-state index contributed by atoms with van der Waals surface area (Å²) in [7, 11) is -2.01. The van der Waals surface area contributed by atoms with Gasteiger partial charge in [0.25, 0.3) is 0 Å². The van der Waals surface area contributed by atoms with Crippen LogP contribution in [0.5, 0.6) is 0 Å². The summed E-state index contributed by atoms with van der Waals surface area (Å²) in [5.74, 6) is 0.287. The van der Waals surface area contributed by atoms with Gasteiger partial charge in [-0.25, -0.2) is 23.1 Å². The number of sulfonamides is 1. The second kappa shape index (κ2) is 11.8. The van der Waals surface area contributed by atoms with E-state index in [0.717, 1.165) is 22.3 Å². The van der Waals surface area contributed by atoms with Crippen LogP contribution in [0.3, 0.4) is 0 Å². The Labute approximate surface area is 194 Å². The van der Waals surface area contributed by atoms with Gasteiger partial charge >= 0.3 is 6.18 Å². The number of hydrogen-bond donors (Lipinski definition) is 3. The standard InChI is InChI=1S/C17H22F3N5O2S2.HI/c1-3-22-16(24-9-15-25-14(10-28-15)17(18,19)20)23-8-12-5-4-6-13(7-12)11-29(26,27)21-2;/h4-7,10,21H,3,8-9,11H2,1-2H3,(H2,22,23,24);1H. The van der Waals surface area contributed by atoms with E-state index in [1.807, 2.05) is 13.0 Å². The largest absolute Gasteiger partial charge is 0.434 e. The molecule has 0 saturated heterocycles. The van der Waals surface area contributed by atoms with Crippen molar-refractivity contribution >= 4 is 51.3 Å². The molecule has 0 aliphatic rings. The molecular weight excluding hydrogens is 554 g/mol. The van der Waals surface area contributed by atoms with Crippen molar-refractivity contribution in [3.63, 3.8) is 0 Å². The summed E-state index contributed by atoms with van der Waals surface area (Å²) in [6, 6.07) is 7.03. The fourth-order valence-corrected chi connectivity index (χ4v) is 3.81. The van der Waals surface area contributed by atoms with Crippen molar-refractivity contribution in [3.8, 4) is 0 Å². The van der Waals surface area contributed by atoms with Gasteiger partial charge in [0.05, 0.1) is 18.8 Å². The van der Waals surface area contributed by atoms with Crippen molar-refractivity contribution in [1.82, 2.24) is 20.3 Å². The molecule has 3 N–H and O–H groups in total. The van der Waals surface area contributed by atoms with E-state index < -0.39 is 21.9 Å². The van der Waals surface area contributed by atoms with Gasteiger partial charge in [-0.15, -0.1) is 35.3 Å². The molecule has 2 rings (SSSR count). The molecule has 1 aromatic carbocycles. The number of hydrogen-bond acceptors (Lipinski definition) is 5. The molecule has 0 unspecified atom stereocenters. The second-order valence-corrected chi connectivity index (χ2v) is 8.83. The zero-order chi connectivity index (χ0) is 21.5. The smallest absolute Gasteiger partial charge is 0.357 e. The van der Waals surface area contributed by atoms with Gasteiger partial charge in [-0.2, -0.15) is 13.2 Å². The average Bonchev–Trinajstić information content (AvgIpc) is 3.13. The van der Waals surface area contributed by atoms with E-state index in [2.05, 4.69) is 25.3 Å². The lowest BCUT2D eigenvalue weighted by molar-refractivity contribution is -0.140. The second-order valence-electron chi connectivity index (χ2n) is 5.96. The minimum atomic E-state index is -4.46. The lowest BCUT2D eigenvalue weighted by atomic mass is 10.1. The zero-order valence-corrected chi connectivity index (χ0v) is 20.2. The molecule has 1 aromatic heterocycles. The molecule has 0 saturated carbocycles. The normalized spacial score (nSPS) is 12.4. The van der Waals surface area contributed by atoms with Gasteiger partial charge < -0.3 is 10.6 Å². The number of nitrogens with one attached hydrogen (secondary N) is 3. The van der Waals surface area contributed by atoms with Gasteiger partial charge in [0.1, 0.15) is 5.01 Å². The van der Waals surface area contributed by atoms with Crippen LogP contribution in [0.15, 0.2) is 34.6 Å². The summed E-state index contributed by atoms with van der Waals surface area (Å²) in [5.41, 5.74) is 0.529. The van der Waals surface area contributed by atoms with E-state index in [9.17, 15) is 21.6 Å². The highest BCUT2D eigenvalue weighted by molar-refractivity contribution is 14.0. The first-order valence-corrected chi connectivity index (χ1v) is 11.2. The van der Waals surface area contributed by atoms with Crippen molar-refractivity contribution < 1.29 is 21.6 Å². The molecule has 0 amide bonds. The Bertz CT molecular complexity index is 949. The highest BCUT2D eigenvalue weighted by Crippen LogP contribution is 2.29. The third-order valence-corrected chi connectivity index (χ3v) is 5.86. The Kier molecular flexibility index (Phi) is 10.5. The predicted octanol–water partition coefficient (Wildman–Crippen LogP) is 3.08. The molecule has 2 aromatic rings. The molecule has 168 valence electrons. The fourth-order valence-electron chi connectivity index (χ4n) is 2.30. The Morgan fingerprint density at radius 1 is 1.23 bits per heavy atom. The molecule has 0 atom stereocenters. The van der Waals surface area contributed by atoms with Crippen LogP contribution < -0.4 is 15.4 Å². The van der Waals surface area contributed by atoms with E-state index in [-0.39, 0.29) is 42.8 Å². The number of thiazole rings is 1. The van der Waals surface area contributed by atoms with Crippen LogP contribution in [-0.2, 0) is 35.0 Å². The topological polar surface area (TPSA) is 95.5 Å². The van der Waals surface area contributed by atoms with E-state index in [4.69, 9.17) is 0 Å². The molecule has 0 fully saturated rings. The summed E-state index contributed by atoms with van der Waals surface area (Å²) in [4.78, 5) is 7.97. The minimum Gasteiger partial charge on any atom is -0.357 e. The Hall–Kier alpha value is -1.45. The molecule has 0 spiro atoms. The van der Waals surface area contributed by atoms with Crippen LogP contribution in [0.2, 0.25) is 0 Å². The van der Waals surface area contributed by atoms with Gasteiger partial charge in [-0.3, -0.25) is 0 Å². The van der Waals surface area contributed by atoms with E-state index in [1.54, 1.807) is 18.2 Å². The van der Waals surface area contributed by atoms with Gasteiger partial charge in [-0.1, -0.05) is 24.3 Å². The number of aliphatic imine (C=N–C) groups is 1. The number of guanidine groups is 1. The zero-order valence-electron chi connectivity index (χ0n) is 16.3. The molecular formula is C17H23F3IN5O2S2. The number of aromatic nitrogens is 1. The van der Waals surface area contributed by atoms with Crippen LogP contribution in [0, 0.1) is 0 Å². The van der Waals surface area contributed by atoms with Crippen molar-refractivity contribution in [2.45, 2.75) is 31.9 Å². The lowest BCUT2D eigenvalue weighted by Crippen LogP contribution is -2.36. The van der Waals surface area contributed by atoms with E-state index in [1.165, 1.54) is 7.05 Å². The Morgan fingerprint density at radius 3 is 2.53 bits per heavy atom. The quantitative estimate of drug-likeness (QED) is 0.255. The monoisotopic (exact) mass is 577 g/mol. The van der Waals surface area contributed by atoms with Crippen LogP contribution >= 0.6 is 35.3 Å². The molecule has 7 nitrogen and oxygen atoms in total. The highest BCUT2D eigenvalue weighted by atomic mass is 127. The molecule has 0 bridgehead atoms. The van der Waals surface area contributed by atoms with Gasteiger partial charge in [-0.05, 0) is 25.1 Å². The Balaban J connectivity index is 0.00000450. The van der Waals surface area contributed by atoms with Crippen molar-refractivity contribution in [3.05, 3.63) is 51.5 Å². The Morgan fingerprint density at radius 2 is 1.93 bits per heavy atom. The minimum absolute atomic E-state index is 0. The number of nitrogens with zero attached hydrogens (tertiary/aromatic N) is 2. The van der Waals surface area contributed by atoms with Gasteiger partial charge in [0.15, 0.2) is 11.7 Å². The van der Waals surface area contributed by atoms with Crippen molar-refractivity contribution in [1.29, 1.82) is 0 Å². The van der Waals surface area contributed by atoms with E-state index in [0.29, 0.717) is 23.1 Å². The van der Waals surface area contributed by atoms with Crippen LogP contribution in [0.25, 0.3) is 0 Å². The van der Waals surface area contributed by atoms with E-state index >= 15 is 0 Å². The number of halogens is 4. The summed E-state index contributed by atoms with van der Waals surface area (Å²) < 4.78 is 63.5. The SMILES string of the molecule is CCNC(=NCc1cccc(CS(=O)(=O)NC)c1)NCc1nc(C(F)(F)F)cs1.I. The third-order valence-electron chi connectivity index (χ3n) is 3.67. The summed E-state index contributed by atoms with van der Waals surface area (Å²) in [6.45, 7) is 2.81. The summed E-state index contributed by atoms with van der Waals surface area (Å²) in [5, 5.41) is 7.23. The number of alkyl halides is 3. The first kappa shape index (κ1) is 26.6. The third kappa shape index (κ3) is 8.73. The number of benzene rings is 1. The average molecular weight is 577 g/mol. The first-order chi connectivity index (χ1) is 13.6. The number of rotatable bonds is 8. The van der Waals surface area contributed by atoms with Crippen LogP contribution in [0.4, 0.5) is 13.2 Å². The van der Waals surface area contributed by atoms with Crippen molar-refractivity contribution in [2.24, 2.45) is 4.99 Å². The summed E-state index contributed by atoms with van der Waals surface area (Å²) in [6.07, 6.45) is -4.46. The first-order valence-electron chi connectivity index (χ1n) is 8.65. The maximum absolute atomic E-state index is 12.6. The van der Waals surface area contributed by atoms with Crippen molar-refractivity contribution in [2.75, 3.05) is 13.6 Å². The molecule has 30 heavy (non-hydrogen) atoms. The van der Waals surface area contributed by atoms with Gasteiger partial charge in [0, 0.05) is 11.9 Å². The fraction of sp³-hybridized carbons (Fsp3) is 0.412. The molecule has 0 aliphatic heterocycles. The molecule has 13 heteroatoms. The molecule has 0 radical (unpaired) electrons. The van der Waals surface area contributed by atoms with Gasteiger partial charge in [0.2, 0.25) is 10.0 Å².